The molecular formula is C18H18ClN3O5S. The van der Waals surface area contributed by atoms with Crippen LogP contribution in [-0.4, -0.2) is 45.1 Å². The van der Waals surface area contributed by atoms with Crippen LogP contribution < -0.4 is 9.80 Å². The van der Waals surface area contributed by atoms with Gasteiger partial charge in [0.25, 0.3) is 5.69 Å². The standard InChI is InChI=1S/C18H18ClN3O5S/c1-20(12-7-8-15(22(24)25)17(11-12)28(2,26)27)16-9-10-21(18(16)23)14-6-4-3-5-13(14)19/h3-8,11,16H,9-10H2,1-2H3. The van der Waals surface area contributed by atoms with Crippen LogP contribution in [0.25, 0.3) is 0 Å². The van der Waals surface area contributed by atoms with Gasteiger partial charge in [-0.1, -0.05) is 23.7 Å². The molecule has 3 rings (SSSR count). The van der Waals surface area contributed by atoms with Crippen molar-refractivity contribution in [3.05, 3.63) is 57.6 Å². The second-order valence-corrected chi connectivity index (χ2v) is 8.93. The normalized spacial score (nSPS) is 17.0. The number of benzene rings is 2. The molecule has 2 aromatic rings. The summed E-state index contributed by atoms with van der Waals surface area (Å²) >= 11 is 6.19. The molecule has 1 aliphatic rings. The summed E-state index contributed by atoms with van der Waals surface area (Å²) in [4.78, 5) is 26.2. The van der Waals surface area contributed by atoms with Crippen LogP contribution in [0.4, 0.5) is 17.1 Å². The van der Waals surface area contributed by atoms with Crippen molar-refractivity contribution in [3.63, 3.8) is 0 Å². The van der Waals surface area contributed by atoms with E-state index >= 15 is 0 Å². The SMILES string of the molecule is CN(c1ccc([N+](=O)[O-])c(S(C)(=O)=O)c1)C1CCN(c2ccccc2Cl)C1=O. The van der Waals surface area contributed by atoms with Gasteiger partial charge in [-0.2, -0.15) is 0 Å². The van der Waals surface area contributed by atoms with Gasteiger partial charge in [0.2, 0.25) is 5.91 Å². The highest BCUT2D eigenvalue weighted by molar-refractivity contribution is 7.90. The van der Waals surface area contributed by atoms with Crippen molar-refractivity contribution in [3.8, 4) is 0 Å². The number of rotatable bonds is 5. The first kappa shape index (κ1) is 20.1. The lowest BCUT2D eigenvalue weighted by molar-refractivity contribution is -0.387. The smallest absolute Gasteiger partial charge is 0.288 e. The molecule has 2 aromatic carbocycles. The number of likely N-dealkylation sites (N-methyl/N-ethyl adjacent to an activating group) is 1. The quantitative estimate of drug-likeness (QED) is 0.541. The number of para-hydroxylation sites is 1. The van der Waals surface area contributed by atoms with E-state index in [9.17, 15) is 23.3 Å². The minimum absolute atomic E-state index is 0.171. The number of amides is 1. The number of sulfone groups is 1. The van der Waals surface area contributed by atoms with E-state index in [1.807, 2.05) is 0 Å². The molecule has 0 bridgehead atoms. The third-order valence-corrected chi connectivity index (χ3v) is 6.18. The molecule has 0 aliphatic carbocycles. The molecule has 28 heavy (non-hydrogen) atoms. The number of nitro benzene ring substituents is 1. The molecule has 1 unspecified atom stereocenters. The van der Waals surface area contributed by atoms with Gasteiger partial charge >= 0.3 is 0 Å². The minimum atomic E-state index is -3.81. The minimum Gasteiger partial charge on any atom is -0.363 e. The highest BCUT2D eigenvalue weighted by Crippen LogP contribution is 2.33. The number of nitro groups is 1. The van der Waals surface area contributed by atoms with Gasteiger partial charge in [0.1, 0.15) is 10.9 Å². The molecular weight excluding hydrogens is 406 g/mol. The fourth-order valence-electron chi connectivity index (χ4n) is 3.28. The van der Waals surface area contributed by atoms with E-state index in [1.54, 1.807) is 41.1 Å². The first-order valence-corrected chi connectivity index (χ1v) is 10.7. The van der Waals surface area contributed by atoms with Gasteiger partial charge in [0.15, 0.2) is 9.84 Å². The molecule has 10 heteroatoms. The van der Waals surface area contributed by atoms with Crippen LogP contribution in [0.3, 0.4) is 0 Å². The van der Waals surface area contributed by atoms with E-state index in [2.05, 4.69) is 0 Å². The molecule has 8 nitrogen and oxygen atoms in total. The highest BCUT2D eigenvalue weighted by Gasteiger charge is 2.37. The molecule has 1 saturated heterocycles. The van der Waals surface area contributed by atoms with Gasteiger partial charge < -0.3 is 9.80 Å². The lowest BCUT2D eigenvalue weighted by atomic mass is 10.2. The Kier molecular flexibility index (Phi) is 5.31. The second kappa shape index (κ2) is 7.40. The van der Waals surface area contributed by atoms with Crippen LogP contribution in [0.2, 0.25) is 5.02 Å². The maximum atomic E-state index is 12.9. The van der Waals surface area contributed by atoms with Crippen molar-refractivity contribution in [2.45, 2.75) is 17.4 Å². The molecule has 1 heterocycles. The summed E-state index contributed by atoms with van der Waals surface area (Å²) in [5.41, 5.74) is 0.533. The van der Waals surface area contributed by atoms with E-state index in [-0.39, 0.29) is 10.8 Å². The van der Waals surface area contributed by atoms with Crippen LogP contribution in [0, 0.1) is 10.1 Å². The lowest BCUT2D eigenvalue weighted by Gasteiger charge is -2.26. The van der Waals surface area contributed by atoms with Crippen molar-refractivity contribution >= 4 is 44.4 Å². The summed E-state index contributed by atoms with van der Waals surface area (Å²) < 4.78 is 24.0. The highest BCUT2D eigenvalue weighted by atomic mass is 35.5. The van der Waals surface area contributed by atoms with Crippen LogP contribution in [0.5, 0.6) is 0 Å². The Labute approximate surface area is 167 Å². The van der Waals surface area contributed by atoms with E-state index in [0.29, 0.717) is 29.4 Å². The number of halogens is 1. The fourth-order valence-corrected chi connectivity index (χ4v) is 4.38. The summed E-state index contributed by atoms with van der Waals surface area (Å²) in [6.45, 7) is 0.462. The molecule has 0 spiro atoms. The number of hydrogen-bond acceptors (Lipinski definition) is 6. The van der Waals surface area contributed by atoms with Gasteiger partial charge in [-0.15, -0.1) is 0 Å². The maximum Gasteiger partial charge on any atom is 0.288 e. The molecule has 1 fully saturated rings. The summed E-state index contributed by atoms with van der Waals surface area (Å²) in [6, 6.07) is 10.3. The van der Waals surface area contributed by atoms with Gasteiger partial charge in [-0.05, 0) is 30.7 Å². The maximum absolute atomic E-state index is 12.9. The third-order valence-electron chi connectivity index (χ3n) is 4.73. The number of hydrogen-bond donors (Lipinski definition) is 0. The topological polar surface area (TPSA) is 101 Å². The Morgan fingerprint density at radius 2 is 1.93 bits per heavy atom. The van der Waals surface area contributed by atoms with Crippen molar-refractivity contribution in [2.75, 3.05) is 29.6 Å². The number of carbonyl (C=O) groups is 1. The number of nitrogens with zero attached hydrogens (tertiary/aromatic N) is 3. The van der Waals surface area contributed by atoms with Crippen molar-refractivity contribution in [1.82, 2.24) is 0 Å². The molecule has 1 aliphatic heterocycles. The zero-order valence-corrected chi connectivity index (χ0v) is 16.8. The molecule has 0 N–H and O–H groups in total. The Morgan fingerprint density at radius 1 is 1.25 bits per heavy atom. The predicted octanol–water partition coefficient (Wildman–Crippen LogP) is 2.89. The Balaban J connectivity index is 1.93. The fraction of sp³-hybridized carbons (Fsp3) is 0.278. The molecule has 1 amide bonds. The van der Waals surface area contributed by atoms with Crippen LogP contribution in [-0.2, 0) is 14.6 Å². The van der Waals surface area contributed by atoms with Crippen molar-refractivity contribution < 1.29 is 18.1 Å². The van der Waals surface area contributed by atoms with Crippen molar-refractivity contribution in [2.24, 2.45) is 0 Å². The Hall–Kier alpha value is -2.65. The zero-order chi connectivity index (χ0) is 20.6. The summed E-state index contributed by atoms with van der Waals surface area (Å²) in [5.74, 6) is -0.171. The second-order valence-electron chi connectivity index (χ2n) is 6.54. The zero-order valence-electron chi connectivity index (χ0n) is 15.2. The summed E-state index contributed by atoms with van der Waals surface area (Å²) in [7, 11) is -2.15. The van der Waals surface area contributed by atoms with Gasteiger partial charge in [0.05, 0.1) is 15.6 Å². The summed E-state index contributed by atoms with van der Waals surface area (Å²) in [6.07, 6.45) is 1.42. The third kappa shape index (κ3) is 3.67. The van der Waals surface area contributed by atoms with E-state index < -0.39 is 26.5 Å². The van der Waals surface area contributed by atoms with Crippen LogP contribution in [0.15, 0.2) is 47.4 Å². The number of anilines is 2. The van der Waals surface area contributed by atoms with E-state index in [1.165, 1.54) is 12.1 Å². The predicted molar refractivity (Wildman–Crippen MR) is 107 cm³/mol. The molecule has 0 radical (unpaired) electrons. The average molecular weight is 424 g/mol. The van der Waals surface area contributed by atoms with Gasteiger partial charge in [-0.3, -0.25) is 14.9 Å². The molecule has 0 aromatic heterocycles. The monoisotopic (exact) mass is 423 g/mol. The first-order chi connectivity index (χ1) is 13.1. The van der Waals surface area contributed by atoms with Crippen LogP contribution in [0.1, 0.15) is 6.42 Å². The lowest BCUT2D eigenvalue weighted by Crippen LogP contribution is -2.40. The Bertz CT molecular complexity index is 1060. The van der Waals surface area contributed by atoms with Crippen LogP contribution >= 0.6 is 11.6 Å². The molecule has 1 atom stereocenters. The van der Waals surface area contributed by atoms with Crippen molar-refractivity contribution in [1.29, 1.82) is 0 Å². The van der Waals surface area contributed by atoms with E-state index in [4.69, 9.17) is 11.6 Å². The number of carbonyl (C=O) groups excluding carboxylic acids is 1. The molecule has 148 valence electrons. The van der Waals surface area contributed by atoms with Gasteiger partial charge in [-0.25, -0.2) is 8.42 Å². The molecule has 0 saturated carbocycles. The largest absolute Gasteiger partial charge is 0.363 e. The summed E-state index contributed by atoms with van der Waals surface area (Å²) in [5, 5.41) is 11.6. The Morgan fingerprint density at radius 3 is 2.54 bits per heavy atom. The first-order valence-electron chi connectivity index (χ1n) is 8.38. The van der Waals surface area contributed by atoms with Gasteiger partial charge in [0, 0.05) is 31.6 Å². The van der Waals surface area contributed by atoms with E-state index in [0.717, 1.165) is 12.3 Å². The average Bonchev–Trinajstić information content (AvgIpc) is 3.01.